The van der Waals surface area contributed by atoms with Crippen LogP contribution >= 0.6 is 22.9 Å². The molecule has 1 heterocycles. The van der Waals surface area contributed by atoms with E-state index >= 15 is 0 Å². The summed E-state index contributed by atoms with van der Waals surface area (Å²) in [5.74, 6) is 0.116. The normalized spacial score (nSPS) is 10.6. The highest BCUT2D eigenvalue weighted by Crippen LogP contribution is 2.23. The minimum Gasteiger partial charge on any atom is -0.506 e. The van der Waals surface area contributed by atoms with Gasteiger partial charge < -0.3 is 10.4 Å². The van der Waals surface area contributed by atoms with E-state index in [2.05, 4.69) is 10.3 Å². The number of benzene rings is 1. The molecule has 0 aliphatic rings. The Morgan fingerprint density at radius 3 is 2.94 bits per heavy atom. The van der Waals surface area contributed by atoms with E-state index in [0.29, 0.717) is 11.6 Å². The van der Waals surface area contributed by atoms with E-state index in [-0.39, 0.29) is 5.75 Å². The summed E-state index contributed by atoms with van der Waals surface area (Å²) in [6.07, 6.45) is 1.79. The fourth-order valence-corrected chi connectivity index (χ4v) is 2.10. The maximum atomic E-state index is 9.26. The summed E-state index contributed by atoms with van der Waals surface area (Å²) < 4.78 is 0. The molecule has 2 rings (SSSR count). The van der Waals surface area contributed by atoms with Gasteiger partial charge in [0.05, 0.1) is 5.02 Å². The summed E-state index contributed by atoms with van der Waals surface area (Å²) >= 11 is 7.43. The van der Waals surface area contributed by atoms with Crippen LogP contribution in [0.3, 0.4) is 0 Å². The Morgan fingerprint density at radius 2 is 2.25 bits per heavy atom. The number of nitrogens with zero attached hydrogens (tertiary/aromatic N) is 1. The largest absolute Gasteiger partial charge is 0.506 e. The highest BCUT2D eigenvalue weighted by atomic mass is 35.5. The van der Waals surface area contributed by atoms with E-state index in [4.69, 9.17) is 11.6 Å². The average molecular weight is 255 g/mol. The highest BCUT2D eigenvalue weighted by molar-refractivity contribution is 7.09. The standard InChI is InChI=1S/C11H11ClN2OS/c12-9-5-8(1-2-10(9)15)6-13-7-11-14-3-4-16-11/h1-5,13,15H,6-7H2. The lowest BCUT2D eigenvalue weighted by Gasteiger charge is -2.04. The number of phenolic OH excluding ortho intramolecular Hbond substituents is 1. The lowest BCUT2D eigenvalue weighted by molar-refractivity contribution is 0.475. The number of hydrogen-bond acceptors (Lipinski definition) is 4. The predicted octanol–water partition coefficient (Wildman–Crippen LogP) is 2.79. The van der Waals surface area contributed by atoms with Crippen molar-refractivity contribution >= 4 is 22.9 Å². The number of halogens is 1. The van der Waals surface area contributed by atoms with Crippen molar-refractivity contribution in [2.75, 3.05) is 0 Å². The van der Waals surface area contributed by atoms with Crippen molar-refractivity contribution < 1.29 is 5.11 Å². The van der Waals surface area contributed by atoms with Gasteiger partial charge in [-0.25, -0.2) is 4.98 Å². The molecule has 0 spiro atoms. The first kappa shape index (κ1) is 11.4. The molecule has 1 aromatic carbocycles. The van der Waals surface area contributed by atoms with Crippen LogP contribution in [0, 0.1) is 0 Å². The second kappa shape index (κ2) is 5.30. The van der Waals surface area contributed by atoms with Gasteiger partial charge in [0.15, 0.2) is 0 Å². The van der Waals surface area contributed by atoms with E-state index in [1.807, 2.05) is 11.4 Å². The van der Waals surface area contributed by atoms with Crippen LogP contribution in [-0.2, 0) is 13.1 Å². The third-order valence-corrected chi connectivity index (χ3v) is 3.18. The Labute approximate surface area is 103 Å². The molecule has 0 saturated carbocycles. The zero-order valence-electron chi connectivity index (χ0n) is 8.48. The molecule has 5 heteroatoms. The molecule has 0 radical (unpaired) electrons. The molecular formula is C11H11ClN2OS. The predicted molar refractivity (Wildman–Crippen MR) is 65.8 cm³/mol. The second-order valence-corrected chi connectivity index (χ2v) is 4.70. The summed E-state index contributed by atoms with van der Waals surface area (Å²) in [6.45, 7) is 1.45. The number of aromatic hydroxyl groups is 1. The summed E-state index contributed by atoms with van der Waals surface area (Å²) in [5, 5.41) is 15.9. The van der Waals surface area contributed by atoms with E-state index in [0.717, 1.165) is 17.1 Å². The third kappa shape index (κ3) is 2.95. The van der Waals surface area contributed by atoms with Crippen LogP contribution in [0.2, 0.25) is 5.02 Å². The van der Waals surface area contributed by atoms with Crippen LogP contribution in [0.1, 0.15) is 10.6 Å². The topological polar surface area (TPSA) is 45.1 Å². The average Bonchev–Trinajstić information content (AvgIpc) is 2.76. The Morgan fingerprint density at radius 1 is 1.38 bits per heavy atom. The first-order valence-electron chi connectivity index (χ1n) is 4.82. The molecule has 2 aromatic rings. The summed E-state index contributed by atoms with van der Waals surface area (Å²) in [4.78, 5) is 4.17. The monoisotopic (exact) mass is 254 g/mol. The number of thiazole rings is 1. The Kier molecular flexibility index (Phi) is 3.77. The van der Waals surface area contributed by atoms with Gasteiger partial charge in [-0.15, -0.1) is 11.3 Å². The Bertz CT molecular complexity index is 459. The van der Waals surface area contributed by atoms with Crippen LogP contribution in [0.5, 0.6) is 5.75 Å². The van der Waals surface area contributed by atoms with Gasteiger partial charge in [0.25, 0.3) is 0 Å². The van der Waals surface area contributed by atoms with Gasteiger partial charge in [0.1, 0.15) is 10.8 Å². The molecule has 0 bridgehead atoms. The van der Waals surface area contributed by atoms with Crippen molar-refractivity contribution in [2.24, 2.45) is 0 Å². The van der Waals surface area contributed by atoms with Crippen molar-refractivity contribution in [3.63, 3.8) is 0 Å². The van der Waals surface area contributed by atoms with Crippen molar-refractivity contribution in [1.29, 1.82) is 0 Å². The van der Waals surface area contributed by atoms with Gasteiger partial charge in [-0.2, -0.15) is 0 Å². The van der Waals surface area contributed by atoms with Crippen LogP contribution in [0.15, 0.2) is 29.8 Å². The maximum Gasteiger partial charge on any atom is 0.134 e. The molecular weight excluding hydrogens is 244 g/mol. The number of phenols is 1. The third-order valence-electron chi connectivity index (χ3n) is 2.10. The number of nitrogens with one attached hydrogen (secondary N) is 1. The van der Waals surface area contributed by atoms with Crippen LogP contribution in [0.25, 0.3) is 0 Å². The second-order valence-electron chi connectivity index (χ2n) is 3.32. The summed E-state index contributed by atoms with van der Waals surface area (Å²) in [5.41, 5.74) is 1.04. The van der Waals surface area contributed by atoms with Crippen molar-refractivity contribution in [3.05, 3.63) is 45.4 Å². The Hall–Kier alpha value is -1.10. The summed E-state index contributed by atoms with van der Waals surface area (Å²) in [6, 6.07) is 5.20. The summed E-state index contributed by atoms with van der Waals surface area (Å²) in [7, 11) is 0. The van der Waals surface area contributed by atoms with Gasteiger partial charge in [0, 0.05) is 24.7 Å². The lowest BCUT2D eigenvalue weighted by atomic mass is 10.2. The van der Waals surface area contributed by atoms with Crippen LogP contribution < -0.4 is 5.32 Å². The lowest BCUT2D eigenvalue weighted by Crippen LogP contribution is -2.12. The molecule has 1 aromatic heterocycles. The quantitative estimate of drug-likeness (QED) is 0.882. The molecule has 0 amide bonds. The van der Waals surface area contributed by atoms with Crippen molar-refractivity contribution in [2.45, 2.75) is 13.1 Å². The number of aromatic nitrogens is 1. The molecule has 0 fully saturated rings. The molecule has 2 N–H and O–H groups in total. The smallest absolute Gasteiger partial charge is 0.134 e. The molecule has 0 atom stereocenters. The van der Waals surface area contributed by atoms with Crippen LogP contribution in [-0.4, -0.2) is 10.1 Å². The highest BCUT2D eigenvalue weighted by Gasteiger charge is 2.00. The van der Waals surface area contributed by atoms with Crippen molar-refractivity contribution in [1.82, 2.24) is 10.3 Å². The molecule has 0 saturated heterocycles. The molecule has 0 aliphatic carbocycles. The van der Waals surface area contributed by atoms with Gasteiger partial charge in [-0.1, -0.05) is 17.7 Å². The van der Waals surface area contributed by atoms with Gasteiger partial charge in [-0.05, 0) is 17.7 Å². The minimum absolute atomic E-state index is 0.116. The van der Waals surface area contributed by atoms with E-state index < -0.39 is 0 Å². The van der Waals surface area contributed by atoms with Gasteiger partial charge in [-0.3, -0.25) is 0 Å². The number of rotatable bonds is 4. The molecule has 84 valence electrons. The van der Waals surface area contributed by atoms with Gasteiger partial charge in [0.2, 0.25) is 0 Å². The molecule has 0 aliphatic heterocycles. The SMILES string of the molecule is Oc1ccc(CNCc2nccs2)cc1Cl. The molecule has 0 unspecified atom stereocenters. The zero-order valence-corrected chi connectivity index (χ0v) is 10.1. The van der Waals surface area contributed by atoms with Gasteiger partial charge >= 0.3 is 0 Å². The molecule has 3 nitrogen and oxygen atoms in total. The first-order valence-corrected chi connectivity index (χ1v) is 6.08. The van der Waals surface area contributed by atoms with Crippen LogP contribution in [0.4, 0.5) is 0 Å². The van der Waals surface area contributed by atoms with E-state index in [9.17, 15) is 5.11 Å². The fraction of sp³-hybridized carbons (Fsp3) is 0.182. The zero-order chi connectivity index (χ0) is 11.4. The first-order chi connectivity index (χ1) is 7.75. The maximum absolute atomic E-state index is 9.26. The van der Waals surface area contributed by atoms with E-state index in [1.54, 1.807) is 29.7 Å². The number of hydrogen-bond donors (Lipinski definition) is 2. The van der Waals surface area contributed by atoms with E-state index in [1.165, 1.54) is 0 Å². The van der Waals surface area contributed by atoms with Crippen molar-refractivity contribution in [3.8, 4) is 5.75 Å². The fourth-order valence-electron chi connectivity index (χ4n) is 1.31. The molecule has 16 heavy (non-hydrogen) atoms. The Balaban J connectivity index is 1.87. The minimum atomic E-state index is 0.116.